The Morgan fingerprint density at radius 1 is 1.22 bits per heavy atom. The Morgan fingerprint density at radius 2 is 1.81 bits per heavy atom. The summed E-state index contributed by atoms with van der Waals surface area (Å²) in [4.78, 5) is 14.3. The first-order chi connectivity index (χ1) is 12.4. The van der Waals surface area contributed by atoms with Gasteiger partial charge in [0.15, 0.2) is 0 Å². The van der Waals surface area contributed by atoms with Crippen LogP contribution in [0.3, 0.4) is 0 Å². The van der Waals surface area contributed by atoms with Crippen molar-refractivity contribution in [3.8, 4) is 0 Å². The molecule has 0 bridgehead atoms. The van der Waals surface area contributed by atoms with E-state index in [0.29, 0.717) is 12.2 Å². The van der Waals surface area contributed by atoms with Crippen LogP contribution in [0, 0.1) is 11.6 Å². The summed E-state index contributed by atoms with van der Waals surface area (Å²) in [6.45, 7) is 9.43. The summed E-state index contributed by atoms with van der Waals surface area (Å²) in [5.74, 6) is -1.16. The van der Waals surface area contributed by atoms with Crippen LogP contribution in [-0.4, -0.2) is 35.0 Å². The van der Waals surface area contributed by atoms with Gasteiger partial charge in [-0.05, 0) is 65.2 Å². The highest BCUT2D eigenvalue weighted by Crippen LogP contribution is 2.50. The molecule has 1 amide bonds. The van der Waals surface area contributed by atoms with E-state index in [9.17, 15) is 13.6 Å². The second kappa shape index (κ2) is 6.59. The first-order valence-corrected chi connectivity index (χ1v) is 9.24. The SMILES string of the molecule is CC(C)(C)OC(=O)N1[C@@H](C=CC2(c3cc(F)cc(F)c3)CC2)COC1(C)C. The number of hydrogen-bond acceptors (Lipinski definition) is 3. The lowest BCUT2D eigenvalue weighted by atomic mass is 9.94. The minimum absolute atomic E-state index is 0.300. The van der Waals surface area contributed by atoms with E-state index in [0.717, 1.165) is 18.9 Å². The number of rotatable bonds is 3. The Morgan fingerprint density at radius 3 is 2.33 bits per heavy atom. The molecular weight excluding hydrogens is 352 g/mol. The number of halogens is 2. The number of nitrogens with zero attached hydrogens (tertiary/aromatic N) is 1. The van der Waals surface area contributed by atoms with E-state index in [4.69, 9.17) is 9.47 Å². The third-order valence-corrected chi connectivity index (χ3v) is 4.97. The van der Waals surface area contributed by atoms with Gasteiger partial charge in [-0.15, -0.1) is 0 Å². The molecule has 0 aromatic heterocycles. The molecular formula is C21H27F2NO3. The average Bonchev–Trinajstić information content (AvgIpc) is 3.22. The Labute approximate surface area is 159 Å². The quantitative estimate of drug-likeness (QED) is 0.700. The summed E-state index contributed by atoms with van der Waals surface area (Å²) < 4.78 is 38.5. The molecule has 148 valence electrons. The van der Waals surface area contributed by atoms with Crippen LogP contribution in [-0.2, 0) is 14.9 Å². The molecule has 0 N–H and O–H groups in total. The Hall–Kier alpha value is -1.95. The standard InChI is InChI=1S/C21H27F2NO3/c1-19(2,3)27-18(25)24-17(13-26-20(24,4)5)6-7-21(8-9-21)14-10-15(22)12-16(23)11-14/h6-7,10-12,17H,8-9,13H2,1-5H3/t17-/m0/s1. The van der Waals surface area contributed by atoms with Crippen LogP contribution < -0.4 is 0 Å². The predicted molar refractivity (Wildman–Crippen MR) is 98.3 cm³/mol. The van der Waals surface area contributed by atoms with Crippen LogP contribution >= 0.6 is 0 Å². The first-order valence-electron chi connectivity index (χ1n) is 9.24. The van der Waals surface area contributed by atoms with E-state index in [1.54, 1.807) is 4.90 Å². The van der Waals surface area contributed by atoms with Gasteiger partial charge < -0.3 is 9.47 Å². The van der Waals surface area contributed by atoms with Gasteiger partial charge in [0.2, 0.25) is 0 Å². The molecule has 1 aliphatic carbocycles. The van der Waals surface area contributed by atoms with Crippen LogP contribution in [0.25, 0.3) is 0 Å². The average molecular weight is 379 g/mol. The van der Waals surface area contributed by atoms with Crippen molar-refractivity contribution in [2.75, 3.05) is 6.61 Å². The van der Waals surface area contributed by atoms with Gasteiger partial charge >= 0.3 is 6.09 Å². The Kier molecular flexibility index (Phi) is 4.83. The van der Waals surface area contributed by atoms with E-state index in [1.165, 1.54) is 12.1 Å². The maximum absolute atomic E-state index is 13.6. The molecule has 27 heavy (non-hydrogen) atoms. The van der Waals surface area contributed by atoms with Crippen molar-refractivity contribution >= 4 is 6.09 Å². The van der Waals surface area contributed by atoms with Crippen LogP contribution in [0.4, 0.5) is 13.6 Å². The summed E-state index contributed by atoms with van der Waals surface area (Å²) in [7, 11) is 0. The van der Waals surface area contributed by atoms with Gasteiger partial charge in [-0.2, -0.15) is 0 Å². The number of carbonyl (C=O) groups excluding carboxylic acids is 1. The first kappa shape index (κ1) is 19.8. The largest absolute Gasteiger partial charge is 0.444 e. The van der Waals surface area contributed by atoms with Crippen molar-refractivity contribution in [3.05, 3.63) is 47.5 Å². The zero-order valence-electron chi connectivity index (χ0n) is 16.5. The second-order valence-corrected chi connectivity index (χ2v) is 8.85. The van der Waals surface area contributed by atoms with Crippen molar-refractivity contribution < 1.29 is 23.0 Å². The molecule has 1 aromatic carbocycles. The number of hydrogen-bond donors (Lipinski definition) is 0. The van der Waals surface area contributed by atoms with Crippen LogP contribution in [0.5, 0.6) is 0 Å². The minimum atomic E-state index is -0.793. The second-order valence-electron chi connectivity index (χ2n) is 8.85. The van der Waals surface area contributed by atoms with Crippen LogP contribution in [0.2, 0.25) is 0 Å². The van der Waals surface area contributed by atoms with E-state index in [2.05, 4.69) is 0 Å². The number of allylic oxidation sites excluding steroid dienone is 1. The molecule has 1 aromatic rings. The molecule has 4 nitrogen and oxygen atoms in total. The van der Waals surface area contributed by atoms with Crippen molar-refractivity contribution in [1.29, 1.82) is 0 Å². The van der Waals surface area contributed by atoms with Crippen LogP contribution in [0.15, 0.2) is 30.4 Å². The van der Waals surface area contributed by atoms with E-state index >= 15 is 0 Å². The van der Waals surface area contributed by atoms with Gasteiger partial charge in [0, 0.05) is 11.5 Å². The highest BCUT2D eigenvalue weighted by atomic mass is 19.1. The molecule has 1 aliphatic heterocycles. The Balaban J connectivity index is 1.82. The number of carbonyl (C=O) groups is 1. The van der Waals surface area contributed by atoms with Gasteiger partial charge in [0.25, 0.3) is 0 Å². The smallest absolute Gasteiger partial charge is 0.413 e. The summed E-state index contributed by atoms with van der Waals surface area (Å²) in [5, 5.41) is 0. The topological polar surface area (TPSA) is 38.8 Å². The lowest BCUT2D eigenvalue weighted by Crippen LogP contribution is -2.49. The van der Waals surface area contributed by atoms with Gasteiger partial charge in [-0.25, -0.2) is 13.6 Å². The molecule has 0 unspecified atom stereocenters. The third kappa shape index (κ3) is 4.32. The van der Waals surface area contributed by atoms with Gasteiger partial charge in [-0.3, -0.25) is 4.90 Å². The third-order valence-electron chi connectivity index (χ3n) is 4.97. The van der Waals surface area contributed by atoms with E-state index in [-0.39, 0.29) is 11.5 Å². The molecule has 6 heteroatoms. The molecule has 2 aliphatic rings. The van der Waals surface area contributed by atoms with E-state index in [1.807, 2.05) is 46.8 Å². The van der Waals surface area contributed by atoms with Crippen molar-refractivity contribution in [3.63, 3.8) is 0 Å². The fraction of sp³-hybridized carbons (Fsp3) is 0.571. The van der Waals surface area contributed by atoms with Gasteiger partial charge in [-0.1, -0.05) is 12.2 Å². The van der Waals surface area contributed by atoms with Gasteiger partial charge in [0.1, 0.15) is 23.0 Å². The molecule has 1 heterocycles. The fourth-order valence-electron chi connectivity index (χ4n) is 3.46. The minimum Gasteiger partial charge on any atom is -0.444 e. The number of amides is 1. The normalized spacial score (nSPS) is 23.7. The molecule has 2 fully saturated rings. The van der Waals surface area contributed by atoms with Crippen LogP contribution in [0.1, 0.15) is 53.0 Å². The molecule has 0 spiro atoms. The molecule has 1 atom stereocenters. The zero-order valence-corrected chi connectivity index (χ0v) is 16.5. The molecule has 0 radical (unpaired) electrons. The molecule has 1 saturated heterocycles. The predicted octanol–water partition coefficient (Wildman–Crippen LogP) is 4.92. The summed E-state index contributed by atoms with van der Waals surface area (Å²) in [6.07, 6.45) is 5.04. The maximum Gasteiger partial charge on any atom is 0.413 e. The lowest BCUT2D eigenvalue weighted by molar-refractivity contribution is -0.0610. The number of benzene rings is 1. The van der Waals surface area contributed by atoms with Crippen molar-refractivity contribution in [2.45, 2.75) is 70.2 Å². The molecule has 3 rings (SSSR count). The summed E-state index contributed by atoms with van der Waals surface area (Å²) in [6, 6.07) is 3.33. The summed E-state index contributed by atoms with van der Waals surface area (Å²) in [5.41, 5.74) is -1.16. The molecule has 1 saturated carbocycles. The fourth-order valence-corrected chi connectivity index (χ4v) is 3.46. The lowest BCUT2D eigenvalue weighted by Gasteiger charge is -2.34. The van der Waals surface area contributed by atoms with Crippen molar-refractivity contribution in [2.24, 2.45) is 0 Å². The number of ether oxygens (including phenoxy) is 2. The van der Waals surface area contributed by atoms with Crippen molar-refractivity contribution in [1.82, 2.24) is 4.90 Å². The highest BCUT2D eigenvalue weighted by Gasteiger charge is 2.46. The zero-order chi connectivity index (χ0) is 20.0. The Bertz CT molecular complexity index is 743. The maximum atomic E-state index is 13.6. The highest BCUT2D eigenvalue weighted by molar-refractivity contribution is 5.70. The van der Waals surface area contributed by atoms with E-state index < -0.39 is 29.1 Å². The summed E-state index contributed by atoms with van der Waals surface area (Å²) >= 11 is 0. The monoisotopic (exact) mass is 379 g/mol. The van der Waals surface area contributed by atoms with Gasteiger partial charge in [0.05, 0.1) is 12.6 Å².